The summed E-state index contributed by atoms with van der Waals surface area (Å²) in [5.41, 5.74) is 1.39. The number of methoxy groups -OCH3 is 1. The van der Waals surface area contributed by atoms with Crippen molar-refractivity contribution in [3.05, 3.63) is 47.1 Å². The van der Waals surface area contributed by atoms with E-state index in [-0.39, 0.29) is 24.7 Å². The molecule has 1 N–H and O–H groups in total. The Labute approximate surface area is 175 Å². The van der Waals surface area contributed by atoms with Gasteiger partial charge in [-0.2, -0.15) is 0 Å². The number of hydrogen-bond donors (Lipinski definition) is 1. The SMILES string of the molecule is COc1cc(Cl)c(C)cc1NC(=O)CCC(=O)N1CCN(c2ccccn2)CC1. The van der Waals surface area contributed by atoms with Crippen molar-refractivity contribution < 1.29 is 14.3 Å². The van der Waals surface area contributed by atoms with Crippen LogP contribution in [-0.4, -0.2) is 55.0 Å². The molecule has 1 aliphatic heterocycles. The first-order valence-corrected chi connectivity index (χ1v) is 9.93. The van der Waals surface area contributed by atoms with Gasteiger partial charge in [-0.05, 0) is 30.7 Å². The first-order valence-electron chi connectivity index (χ1n) is 9.55. The standard InChI is InChI=1S/C21H25ClN4O3/c1-15-13-17(18(29-2)14-16(15)22)24-20(27)6-7-21(28)26-11-9-25(10-12-26)19-5-3-4-8-23-19/h3-5,8,13-14H,6-7,9-12H2,1-2H3,(H,24,27). The van der Waals surface area contributed by atoms with Crippen LogP contribution in [0.3, 0.4) is 0 Å². The lowest BCUT2D eigenvalue weighted by Crippen LogP contribution is -2.49. The minimum atomic E-state index is -0.231. The molecule has 1 aromatic heterocycles. The summed E-state index contributed by atoms with van der Waals surface area (Å²) in [5, 5.41) is 3.38. The Morgan fingerprint density at radius 1 is 1.17 bits per heavy atom. The molecule has 1 fully saturated rings. The van der Waals surface area contributed by atoms with E-state index in [0.29, 0.717) is 29.5 Å². The van der Waals surface area contributed by atoms with Crippen LogP contribution in [0, 0.1) is 6.92 Å². The van der Waals surface area contributed by atoms with Crippen molar-refractivity contribution in [1.29, 1.82) is 0 Å². The predicted octanol–water partition coefficient (Wildman–Crippen LogP) is 3.12. The van der Waals surface area contributed by atoms with Crippen molar-refractivity contribution in [2.45, 2.75) is 19.8 Å². The van der Waals surface area contributed by atoms with E-state index in [1.165, 1.54) is 7.11 Å². The van der Waals surface area contributed by atoms with Gasteiger partial charge in [0.25, 0.3) is 0 Å². The number of nitrogens with one attached hydrogen (secondary N) is 1. The molecule has 29 heavy (non-hydrogen) atoms. The normalized spacial score (nSPS) is 13.9. The molecule has 0 radical (unpaired) electrons. The fraction of sp³-hybridized carbons (Fsp3) is 0.381. The van der Waals surface area contributed by atoms with Crippen LogP contribution in [0.5, 0.6) is 5.75 Å². The number of rotatable bonds is 6. The second kappa shape index (κ2) is 9.60. The maximum atomic E-state index is 12.5. The van der Waals surface area contributed by atoms with Crippen molar-refractivity contribution in [3.8, 4) is 5.75 Å². The van der Waals surface area contributed by atoms with Gasteiger partial charge in [-0.15, -0.1) is 0 Å². The summed E-state index contributed by atoms with van der Waals surface area (Å²) in [7, 11) is 1.52. The van der Waals surface area contributed by atoms with Crippen molar-refractivity contribution in [3.63, 3.8) is 0 Å². The number of nitrogens with zero attached hydrogens (tertiary/aromatic N) is 3. The van der Waals surface area contributed by atoms with Crippen LogP contribution < -0.4 is 15.0 Å². The lowest BCUT2D eigenvalue weighted by Gasteiger charge is -2.35. The Morgan fingerprint density at radius 3 is 2.59 bits per heavy atom. The number of hydrogen-bond acceptors (Lipinski definition) is 5. The molecule has 1 saturated heterocycles. The van der Waals surface area contributed by atoms with Gasteiger partial charge in [0.2, 0.25) is 11.8 Å². The Hall–Kier alpha value is -2.80. The van der Waals surface area contributed by atoms with Gasteiger partial charge in [0.1, 0.15) is 11.6 Å². The monoisotopic (exact) mass is 416 g/mol. The van der Waals surface area contributed by atoms with E-state index < -0.39 is 0 Å². The van der Waals surface area contributed by atoms with Gasteiger partial charge in [0.05, 0.1) is 12.8 Å². The number of aryl methyl sites for hydroxylation is 1. The number of amides is 2. The van der Waals surface area contributed by atoms with Gasteiger partial charge in [0.15, 0.2) is 0 Å². The van der Waals surface area contributed by atoms with Crippen LogP contribution >= 0.6 is 11.6 Å². The summed E-state index contributed by atoms with van der Waals surface area (Å²) in [6, 6.07) is 9.23. The third-order valence-corrected chi connectivity index (χ3v) is 5.33. The number of aromatic nitrogens is 1. The van der Waals surface area contributed by atoms with Crippen LogP contribution in [0.1, 0.15) is 18.4 Å². The molecule has 1 aliphatic rings. The number of carbonyl (C=O) groups is 2. The summed E-state index contributed by atoms with van der Waals surface area (Å²) >= 11 is 6.09. The summed E-state index contributed by atoms with van der Waals surface area (Å²) < 4.78 is 5.27. The van der Waals surface area contributed by atoms with Crippen molar-refractivity contribution in [1.82, 2.24) is 9.88 Å². The second-order valence-electron chi connectivity index (χ2n) is 6.91. The van der Waals surface area contributed by atoms with Gasteiger partial charge >= 0.3 is 0 Å². The van der Waals surface area contributed by atoms with Crippen molar-refractivity contribution >= 4 is 34.9 Å². The van der Waals surface area contributed by atoms with Gasteiger partial charge in [-0.3, -0.25) is 9.59 Å². The summed E-state index contributed by atoms with van der Waals surface area (Å²) in [6.07, 6.45) is 2.05. The highest BCUT2D eigenvalue weighted by Gasteiger charge is 2.22. The highest BCUT2D eigenvalue weighted by Crippen LogP contribution is 2.31. The van der Waals surface area contributed by atoms with E-state index in [9.17, 15) is 9.59 Å². The fourth-order valence-corrected chi connectivity index (χ4v) is 3.40. The van der Waals surface area contributed by atoms with Crippen LogP contribution in [-0.2, 0) is 9.59 Å². The molecule has 0 bridgehead atoms. The maximum absolute atomic E-state index is 12.5. The number of piperazine rings is 1. The number of ether oxygens (including phenoxy) is 1. The molecule has 8 heteroatoms. The average molecular weight is 417 g/mol. The molecule has 0 atom stereocenters. The number of halogens is 1. The number of pyridine rings is 1. The summed E-state index contributed by atoms with van der Waals surface area (Å²) in [5.74, 6) is 1.17. The van der Waals surface area contributed by atoms with E-state index in [1.54, 1.807) is 23.2 Å². The second-order valence-corrected chi connectivity index (χ2v) is 7.31. The van der Waals surface area contributed by atoms with Gasteiger partial charge in [-0.1, -0.05) is 17.7 Å². The Bertz CT molecular complexity index is 868. The molecule has 2 aromatic rings. The molecule has 2 amide bonds. The third kappa shape index (κ3) is 5.38. The molecule has 7 nitrogen and oxygen atoms in total. The topological polar surface area (TPSA) is 74.8 Å². The molecule has 0 spiro atoms. The first-order chi connectivity index (χ1) is 14.0. The van der Waals surface area contributed by atoms with E-state index in [1.807, 2.05) is 25.1 Å². The zero-order valence-corrected chi connectivity index (χ0v) is 17.4. The Kier molecular flexibility index (Phi) is 6.93. The summed E-state index contributed by atoms with van der Waals surface area (Å²) in [6.45, 7) is 4.57. The van der Waals surface area contributed by atoms with Crippen LogP contribution in [0.4, 0.5) is 11.5 Å². The van der Waals surface area contributed by atoms with E-state index in [4.69, 9.17) is 16.3 Å². The summed E-state index contributed by atoms with van der Waals surface area (Å²) in [4.78, 5) is 33.1. The smallest absolute Gasteiger partial charge is 0.224 e. The molecule has 0 unspecified atom stereocenters. The fourth-order valence-electron chi connectivity index (χ4n) is 3.25. The number of benzene rings is 1. The minimum absolute atomic E-state index is 0.0138. The van der Waals surface area contributed by atoms with Crippen LogP contribution in [0.15, 0.2) is 36.5 Å². The number of carbonyl (C=O) groups excluding carboxylic acids is 2. The highest BCUT2D eigenvalue weighted by molar-refractivity contribution is 6.31. The quantitative estimate of drug-likeness (QED) is 0.783. The molecule has 0 saturated carbocycles. The molecule has 3 rings (SSSR count). The molecule has 2 heterocycles. The molecule has 154 valence electrons. The van der Waals surface area contributed by atoms with E-state index >= 15 is 0 Å². The first kappa shape index (κ1) is 20.9. The molecular weight excluding hydrogens is 392 g/mol. The Morgan fingerprint density at radius 2 is 1.93 bits per heavy atom. The van der Waals surface area contributed by atoms with Crippen LogP contribution in [0.25, 0.3) is 0 Å². The van der Waals surface area contributed by atoms with Crippen molar-refractivity contribution in [2.24, 2.45) is 0 Å². The van der Waals surface area contributed by atoms with E-state index in [0.717, 1.165) is 24.5 Å². The third-order valence-electron chi connectivity index (χ3n) is 4.93. The van der Waals surface area contributed by atoms with E-state index in [2.05, 4.69) is 15.2 Å². The average Bonchev–Trinajstić information content (AvgIpc) is 2.75. The lowest BCUT2D eigenvalue weighted by molar-refractivity contribution is -0.133. The lowest BCUT2D eigenvalue weighted by atomic mass is 10.2. The molecule has 1 aromatic carbocycles. The zero-order valence-electron chi connectivity index (χ0n) is 16.7. The number of anilines is 2. The molecular formula is C21H25ClN4O3. The molecule has 0 aliphatic carbocycles. The highest BCUT2D eigenvalue weighted by atomic mass is 35.5. The Balaban J connectivity index is 1.47. The minimum Gasteiger partial charge on any atom is -0.495 e. The van der Waals surface area contributed by atoms with Gasteiger partial charge in [0, 0.05) is 56.3 Å². The van der Waals surface area contributed by atoms with Crippen LogP contribution in [0.2, 0.25) is 5.02 Å². The zero-order chi connectivity index (χ0) is 20.8. The predicted molar refractivity (Wildman–Crippen MR) is 114 cm³/mol. The van der Waals surface area contributed by atoms with Crippen molar-refractivity contribution in [2.75, 3.05) is 43.5 Å². The van der Waals surface area contributed by atoms with Gasteiger partial charge < -0.3 is 19.9 Å². The van der Waals surface area contributed by atoms with Gasteiger partial charge in [-0.25, -0.2) is 4.98 Å². The maximum Gasteiger partial charge on any atom is 0.224 e. The largest absolute Gasteiger partial charge is 0.495 e.